The van der Waals surface area contributed by atoms with Crippen LogP contribution in [0.25, 0.3) is 16.9 Å². The summed E-state index contributed by atoms with van der Waals surface area (Å²) in [5, 5.41) is 9.26. The van der Waals surface area contributed by atoms with Gasteiger partial charge in [-0.15, -0.1) is 11.8 Å². The number of nitrogens with zero attached hydrogens (tertiary/aromatic N) is 2. The third kappa shape index (κ3) is 4.20. The van der Waals surface area contributed by atoms with Gasteiger partial charge in [0.15, 0.2) is 0 Å². The molecule has 0 aliphatic heterocycles. The fourth-order valence-corrected chi connectivity index (χ4v) is 3.63. The lowest BCUT2D eigenvalue weighted by Gasteiger charge is -2.20. The normalized spacial score (nSPS) is 11.3. The van der Waals surface area contributed by atoms with Crippen LogP contribution in [0.3, 0.4) is 0 Å². The van der Waals surface area contributed by atoms with E-state index in [9.17, 15) is 14.9 Å². The van der Waals surface area contributed by atoms with Crippen LogP contribution in [0.2, 0.25) is 0 Å². The van der Waals surface area contributed by atoms with Crippen LogP contribution in [0.5, 0.6) is 0 Å². The zero-order chi connectivity index (χ0) is 21.2. The minimum atomic E-state index is -0.525. The minimum Gasteiger partial charge on any atom is -0.273 e. The summed E-state index contributed by atoms with van der Waals surface area (Å²) in [5.74, 6) is 0. The second-order valence-corrected chi connectivity index (χ2v) is 8.66. The van der Waals surface area contributed by atoms with Gasteiger partial charge in [-0.3, -0.25) is 14.3 Å². The predicted molar refractivity (Wildman–Crippen MR) is 118 cm³/mol. The fourth-order valence-electron chi connectivity index (χ4n) is 3.22. The van der Waals surface area contributed by atoms with E-state index in [1.165, 1.54) is 4.57 Å². The molecule has 0 unspecified atom stereocenters. The van der Waals surface area contributed by atoms with Crippen LogP contribution in [0.15, 0.2) is 63.0 Å². The molecule has 0 saturated heterocycles. The molecule has 0 fully saturated rings. The van der Waals surface area contributed by atoms with Crippen LogP contribution in [-0.4, -0.2) is 15.8 Å². The number of hydrogen-bond acceptors (Lipinski definition) is 4. The summed E-state index contributed by atoms with van der Waals surface area (Å²) in [4.78, 5) is 28.7. The van der Waals surface area contributed by atoms with Gasteiger partial charge in [0, 0.05) is 4.90 Å². The summed E-state index contributed by atoms with van der Waals surface area (Å²) in [6.45, 7) is 6.37. The molecule has 2 aromatic carbocycles. The van der Waals surface area contributed by atoms with E-state index in [2.05, 4.69) is 25.8 Å². The van der Waals surface area contributed by atoms with Gasteiger partial charge in [0.25, 0.3) is 5.56 Å². The van der Waals surface area contributed by atoms with Crippen LogP contribution in [-0.2, 0) is 11.8 Å². The molecule has 29 heavy (non-hydrogen) atoms. The summed E-state index contributed by atoms with van der Waals surface area (Å²) in [6.07, 6.45) is 1.89. The van der Waals surface area contributed by atoms with Gasteiger partial charge in [-0.2, -0.15) is 5.26 Å². The fraction of sp³-hybridized carbons (Fsp3) is 0.261. The number of aromatic nitrogens is 2. The van der Waals surface area contributed by atoms with Gasteiger partial charge in [-0.25, -0.2) is 4.79 Å². The number of benzene rings is 2. The van der Waals surface area contributed by atoms with Crippen molar-refractivity contribution in [2.75, 3.05) is 6.26 Å². The van der Waals surface area contributed by atoms with Crippen molar-refractivity contribution in [1.82, 2.24) is 9.55 Å². The zero-order valence-corrected chi connectivity index (χ0v) is 17.8. The lowest BCUT2D eigenvalue weighted by atomic mass is 9.87. The SMILES string of the molecule is CSc1ccc(-c2c(CC#N)c(=O)[nH]c(=O)n2-c2ccc(C(C)(C)C)cc2)cc1. The number of thioether (sulfide) groups is 1. The van der Waals surface area contributed by atoms with Crippen LogP contribution < -0.4 is 11.2 Å². The van der Waals surface area contributed by atoms with Gasteiger partial charge in [-0.05, 0) is 47.1 Å². The summed E-state index contributed by atoms with van der Waals surface area (Å²) in [6, 6.07) is 17.4. The van der Waals surface area contributed by atoms with E-state index < -0.39 is 11.2 Å². The number of nitriles is 1. The Kier molecular flexibility index (Phi) is 5.81. The Morgan fingerprint density at radius 2 is 1.66 bits per heavy atom. The Morgan fingerprint density at radius 3 is 2.17 bits per heavy atom. The van der Waals surface area contributed by atoms with E-state index in [1.807, 2.05) is 60.9 Å². The van der Waals surface area contributed by atoms with Crippen LogP contribution in [0, 0.1) is 11.3 Å². The second kappa shape index (κ2) is 8.14. The molecular formula is C23H23N3O2S. The maximum atomic E-state index is 12.8. The number of H-pyrrole nitrogens is 1. The average molecular weight is 406 g/mol. The van der Waals surface area contributed by atoms with Gasteiger partial charge in [-0.1, -0.05) is 45.0 Å². The van der Waals surface area contributed by atoms with E-state index in [0.29, 0.717) is 11.4 Å². The Bertz CT molecular complexity index is 1180. The topological polar surface area (TPSA) is 78.7 Å². The Morgan fingerprint density at radius 1 is 1.03 bits per heavy atom. The first-order chi connectivity index (χ1) is 13.8. The molecule has 1 N–H and O–H groups in total. The van der Waals surface area contributed by atoms with Crippen molar-refractivity contribution in [2.45, 2.75) is 37.5 Å². The van der Waals surface area contributed by atoms with Crippen molar-refractivity contribution in [3.05, 3.63) is 80.5 Å². The molecule has 5 nitrogen and oxygen atoms in total. The van der Waals surface area contributed by atoms with E-state index in [-0.39, 0.29) is 17.4 Å². The molecule has 1 aromatic heterocycles. The second-order valence-electron chi connectivity index (χ2n) is 7.78. The average Bonchev–Trinajstić information content (AvgIpc) is 2.69. The highest BCUT2D eigenvalue weighted by Crippen LogP contribution is 2.28. The molecule has 0 aliphatic rings. The van der Waals surface area contributed by atoms with Gasteiger partial charge in [0.05, 0.1) is 29.4 Å². The molecule has 6 heteroatoms. The number of hydrogen-bond donors (Lipinski definition) is 1. The van der Waals surface area contributed by atoms with Gasteiger partial charge < -0.3 is 0 Å². The third-order valence-corrected chi connectivity index (χ3v) is 5.56. The van der Waals surface area contributed by atoms with Gasteiger partial charge >= 0.3 is 5.69 Å². The lowest BCUT2D eigenvalue weighted by molar-refractivity contribution is 0.590. The molecule has 0 amide bonds. The Labute approximate surface area is 174 Å². The van der Waals surface area contributed by atoms with Gasteiger partial charge in [0.1, 0.15) is 0 Å². The van der Waals surface area contributed by atoms with Crippen molar-refractivity contribution in [1.29, 1.82) is 5.26 Å². The highest BCUT2D eigenvalue weighted by Gasteiger charge is 2.19. The van der Waals surface area contributed by atoms with Crippen LogP contribution in [0.4, 0.5) is 0 Å². The largest absolute Gasteiger partial charge is 0.333 e. The summed E-state index contributed by atoms with van der Waals surface area (Å²) in [5.41, 5.74) is 2.17. The van der Waals surface area contributed by atoms with Crippen molar-refractivity contribution in [2.24, 2.45) is 0 Å². The van der Waals surface area contributed by atoms with Crippen molar-refractivity contribution in [3.8, 4) is 23.0 Å². The Balaban J connectivity index is 2.31. The third-order valence-electron chi connectivity index (χ3n) is 4.82. The van der Waals surface area contributed by atoms with E-state index in [1.54, 1.807) is 11.8 Å². The maximum absolute atomic E-state index is 12.8. The first-order valence-electron chi connectivity index (χ1n) is 9.26. The molecular weight excluding hydrogens is 382 g/mol. The molecule has 0 bridgehead atoms. The standard InChI is InChI=1S/C23H23N3O2S/c1-23(2,3)16-7-9-17(10-8-16)26-20(15-5-11-18(29-4)12-6-15)19(13-14-24)21(27)25-22(26)28/h5-12H,13H2,1-4H3,(H,25,27,28). The van der Waals surface area contributed by atoms with Crippen molar-refractivity contribution >= 4 is 11.8 Å². The molecule has 148 valence electrons. The summed E-state index contributed by atoms with van der Waals surface area (Å²) in [7, 11) is 0. The molecule has 3 rings (SSSR count). The summed E-state index contributed by atoms with van der Waals surface area (Å²) >= 11 is 1.61. The number of nitrogens with one attached hydrogen (secondary N) is 1. The number of aromatic amines is 1. The molecule has 1 heterocycles. The highest BCUT2D eigenvalue weighted by atomic mass is 32.2. The van der Waals surface area contributed by atoms with E-state index in [0.717, 1.165) is 16.0 Å². The van der Waals surface area contributed by atoms with E-state index in [4.69, 9.17) is 0 Å². The lowest BCUT2D eigenvalue weighted by Crippen LogP contribution is -2.33. The molecule has 3 aromatic rings. The molecule has 0 spiro atoms. The maximum Gasteiger partial charge on any atom is 0.333 e. The zero-order valence-electron chi connectivity index (χ0n) is 16.9. The molecule has 0 aliphatic carbocycles. The molecule has 0 atom stereocenters. The van der Waals surface area contributed by atoms with Crippen molar-refractivity contribution < 1.29 is 0 Å². The van der Waals surface area contributed by atoms with Gasteiger partial charge in [0.2, 0.25) is 0 Å². The predicted octanol–water partition coefficient (Wildman–Crippen LogP) is 4.28. The van der Waals surface area contributed by atoms with E-state index >= 15 is 0 Å². The molecule has 0 saturated carbocycles. The minimum absolute atomic E-state index is 0.0169. The first-order valence-corrected chi connectivity index (χ1v) is 10.5. The van der Waals surface area contributed by atoms with Crippen LogP contribution >= 0.6 is 11.8 Å². The number of rotatable bonds is 4. The Hall–Kier alpha value is -3.04. The summed E-state index contributed by atoms with van der Waals surface area (Å²) < 4.78 is 1.48. The highest BCUT2D eigenvalue weighted by molar-refractivity contribution is 7.98. The quantitative estimate of drug-likeness (QED) is 0.657. The van der Waals surface area contributed by atoms with Crippen molar-refractivity contribution in [3.63, 3.8) is 0 Å². The molecule has 0 radical (unpaired) electrons. The smallest absolute Gasteiger partial charge is 0.273 e. The first kappa shape index (κ1) is 20.7. The van der Waals surface area contributed by atoms with Crippen LogP contribution in [0.1, 0.15) is 31.9 Å². The monoisotopic (exact) mass is 405 g/mol.